The fourth-order valence-electron chi connectivity index (χ4n) is 3.49. The number of nitro benzene ring substituents is 1. The van der Waals surface area contributed by atoms with Gasteiger partial charge in [-0.15, -0.1) is 0 Å². The summed E-state index contributed by atoms with van der Waals surface area (Å²) in [6.07, 6.45) is 2.85. The predicted octanol–water partition coefficient (Wildman–Crippen LogP) is 3.09. The van der Waals surface area contributed by atoms with E-state index in [4.69, 9.17) is 4.74 Å². The molecule has 0 bridgehead atoms. The van der Waals surface area contributed by atoms with Crippen LogP contribution in [-0.4, -0.2) is 45.8 Å². The molecule has 0 spiro atoms. The maximum atomic E-state index is 12.0. The Morgan fingerprint density at radius 1 is 1.25 bits per heavy atom. The summed E-state index contributed by atoms with van der Waals surface area (Å²) in [5.41, 5.74) is 1.15. The quantitative estimate of drug-likeness (QED) is 0.582. The molecule has 2 aromatic rings. The lowest BCUT2D eigenvalue weighted by atomic mass is 10.0. The number of rotatable bonds is 6. The van der Waals surface area contributed by atoms with Gasteiger partial charge in [-0.2, -0.15) is 0 Å². The number of methoxy groups -OCH3 is 1. The van der Waals surface area contributed by atoms with Crippen LogP contribution in [0.3, 0.4) is 0 Å². The fourth-order valence-corrected chi connectivity index (χ4v) is 4.36. The lowest BCUT2D eigenvalue weighted by molar-refractivity contribution is -0.387. The van der Waals surface area contributed by atoms with E-state index in [9.17, 15) is 18.5 Å². The molecule has 1 heterocycles. The molecular formula is C19H23N3O5S. The molecule has 0 radical (unpaired) electrons. The van der Waals surface area contributed by atoms with Gasteiger partial charge in [0.2, 0.25) is 0 Å². The molecule has 1 unspecified atom stereocenters. The van der Waals surface area contributed by atoms with E-state index < -0.39 is 20.4 Å². The minimum atomic E-state index is -3.71. The van der Waals surface area contributed by atoms with Crippen LogP contribution in [0, 0.1) is 10.1 Å². The maximum absolute atomic E-state index is 12.0. The van der Waals surface area contributed by atoms with Crippen molar-refractivity contribution in [3.8, 4) is 5.75 Å². The second-order valence-electron chi connectivity index (χ2n) is 6.81. The highest BCUT2D eigenvalue weighted by atomic mass is 32.2. The summed E-state index contributed by atoms with van der Waals surface area (Å²) in [5.74, 6) is 0.804. The van der Waals surface area contributed by atoms with Crippen LogP contribution in [0.15, 0.2) is 47.4 Å². The van der Waals surface area contributed by atoms with Gasteiger partial charge < -0.3 is 15.0 Å². The van der Waals surface area contributed by atoms with E-state index in [2.05, 4.69) is 10.2 Å². The predicted molar refractivity (Wildman–Crippen MR) is 108 cm³/mol. The molecule has 1 fully saturated rings. The Morgan fingerprint density at radius 3 is 2.68 bits per heavy atom. The van der Waals surface area contributed by atoms with Crippen LogP contribution < -0.4 is 15.0 Å². The first-order chi connectivity index (χ1) is 13.3. The van der Waals surface area contributed by atoms with Crippen LogP contribution in [0.5, 0.6) is 5.75 Å². The number of nitrogens with one attached hydrogen (secondary N) is 1. The Hall–Kier alpha value is -2.81. The van der Waals surface area contributed by atoms with E-state index in [-0.39, 0.29) is 10.9 Å². The van der Waals surface area contributed by atoms with Gasteiger partial charge in [0, 0.05) is 37.1 Å². The average Bonchev–Trinajstić information content (AvgIpc) is 2.67. The summed E-state index contributed by atoms with van der Waals surface area (Å²) in [7, 11) is -2.07. The smallest absolute Gasteiger partial charge is 0.288 e. The molecule has 0 aliphatic carbocycles. The molecule has 9 heteroatoms. The molecule has 0 amide bonds. The first kappa shape index (κ1) is 19.9. The zero-order chi connectivity index (χ0) is 20.3. The van der Waals surface area contributed by atoms with Crippen molar-refractivity contribution in [2.45, 2.75) is 23.8 Å². The van der Waals surface area contributed by atoms with Gasteiger partial charge in [0.05, 0.1) is 17.7 Å². The summed E-state index contributed by atoms with van der Waals surface area (Å²) in [6.45, 7) is 1.61. The molecular weight excluding hydrogens is 382 g/mol. The van der Waals surface area contributed by atoms with Crippen molar-refractivity contribution in [1.29, 1.82) is 0 Å². The Labute approximate surface area is 164 Å². The molecule has 0 aromatic heterocycles. The average molecular weight is 405 g/mol. The summed E-state index contributed by atoms with van der Waals surface area (Å²) in [6, 6.07) is 12.0. The molecule has 8 nitrogen and oxygen atoms in total. The summed E-state index contributed by atoms with van der Waals surface area (Å²) in [4.78, 5) is 12.4. The van der Waals surface area contributed by atoms with Crippen molar-refractivity contribution in [1.82, 2.24) is 0 Å². The number of nitrogens with zero attached hydrogens (tertiary/aromatic N) is 2. The first-order valence-corrected chi connectivity index (χ1v) is 10.8. The highest BCUT2D eigenvalue weighted by molar-refractivity contribution is 7.90. The molecule has 2 aromatic carbocycles. The van der Waals surface area contributed by atoms with Crippen molar-refractivity contribution in [3.63, 3.8) is 0 Å². The number of anilines is 2. The number of sulfone groups is 1. The number of hydrogen-bond donors (Lipinski definition) is 1. The topological polar surface area (TPSA) is 102 Å². The SMILES string of the molecule is COc1ccccc1N1CCCC(Nc2ccc([N+](=O)[O-])c(S(C)(=O)=O)c2)C1. The van der Waals surface area contributed by atoms with Crippen LogP contribution >= 0.6 is 0 Å². The maximum Gasteiger partial charge on any atom is 0.288 e. The lowest BCUT2D eigenvalue weighted by Gasteiger charge is -2.36. The second-order valence-corrected chi connectivity index (χ2v) is 8.80. The van der Waals surface area contributed by atoms with Gasteiger partial charge in [-0.1, -0.05) is 12.1 Å². The van der Waals surface area contributed by atoms with Crippen molar-refractivity contribution in [3.05, 3.63) is 52.6 Å². The van der Waals surface area contributed by atoms with E-state index in [1.54, 1.807) is 13.2 Å². The number of benzene rings is 2. The van der Waals surface area contributed by atoms with E-state index in [0.717, 1.165) is 37.1 Å². The van der Waals surface area contributed by atoms with Crippen LogP contribution in [0.2, 0.25) is 0 Å². The van der Waals surface area contributed by atoms with Gasteiger partial charge in [0.15, 0.2) is 9.84 Å². The highest BCUT2D eigenvalue weighted by Gasteiger charge is 2.25. The van der Waals surface area contributed by atoms with E-state index in [1.165, 1.54) is 12.1 Å². The summed E-state index contributed by atoms with van der Waals surface area (Å²) >= 11 is 0. The molecule has 1 aliphatic rings. The van der Waals surface area contributed by atoms with Crippen molar-refractivity contribution in [2.75, 3.05) is 36.7 Å². The second kappa shape index (κ2) is 8.05. The number of para-hydroxylation sites is 2. The minimum Gasteiger partial charge on any atom is -0.495 e. The van der Waals surface area contributed by atoms with Gasteiger partial charge >= 0.3 is 0 Å². The van der Waals surface area contributed by atoms with Crippen molar-refractivity contribution in [2.24, 2.45) is 0 Å². The molecule has 1 aliphatic heterocycles. The highest BCUT2D eigenvalue weighted by Crippen LogP contribution is 2.31. The van der Waals surface area contributed by atoms with Gasteiger partial charge in [-0.25, -0.2) is 8.42 Å². The standard InChI is InChI=1S/C19H23N3O5S/c1-27-18-8-4-3-7-16(18)21-11-5-6-15(13-21)20-14-9-10-17(22(23)24)19(12-14)28(2,25)26/h3-4,7-10,12,15,20H,5-6,11,13H2,1-2H3. The normalized spacial score (nSPS) is 17.2. The van der Waals surface area contributed by atoms with Gasteiger partial charge in [0.25, 0.3) is 5.69 Å². The molecule has 1 saturated heterocycles. The number of ether oxygens (including phenoxy) is 1. The largest absolute Gasteiger partial charge is 0.495 e. The van der Waals surface area contributed by atoms with Gasteiger partial charge in [0.1, 0.15) is 10.6 Å². The third kappa shape index (κ3) is 4.36. The molecule has 28 heavy (non-hydrogen) atoms. The van der Waals surface area contributed by atoms with Gasteiger partial charge in [-0.3, -0.25) is 10.1 Å². The molecule has 3 rings (SSSR count). The Balaban J connectivity index is 1.81. The zero-order valence-corrected chi connectivity index (χ0v) is 16.6. The van der Waals surface area contributed by atoms with E-state index in [1.807, 2.05) is 24.3 Å². The molecule has 150 valence electrons. The Morgan fingerprint density at radius 2 is 2.00 bits per heavy atom. The molecule has 1 atom stereocenters. The van der Waals surface area contributed by atoms with Gasteiger partial charge in [-0.05, 0) is 37.1 Å². The zero-order valence-electron chi connectivity index (χ0n) is 15.8. The number of nitro groups is 1. The van der Waals surface area contributed by atoms with E-state index >= 15 is 0 Å². The van der Waals surface area contributed by atoms with E-state index in [0.29, 0.717) is 12.2 Å². The third-order valence-corrected chi connectivity index (χ3v) is 5.90. The minimum absolute atomic E-state index is 0.0764. The van der Waals surface area contributed by atoms with Crippen molar-refractivity contribution < 1.29 is 18.1 Å². The summed E-state index contributed by atoms with van der Waals surface area (Å²) < 4.78 is 29.4. The Bertz CT molecular complexity index is 977. The van der Waals surface area contributed by atoms with Crippen LogP contribution in [-0.2, 0) is 9.84 Å². The third-order valence-electron chi connectivity index (χ3n) is 4.77. The number of piperidine rings is 1. The van der Waals surface area contributed by atoms with Crippen LogP contribution in [0.25, 0.3) is 0 Å². The van der Waals surface area contributed by atoms with Crippen molar-refractivity contribution >= 4 is 26.9 Å². The fraction of sp³-hybridized carbons (Fsp3) is 0.368. The van der Waals surface area contributed by atoms with Crippen LogP contribution in [0.4, 0.5) is 17.1 Å². The molecule has 0 saturated carbocycles. The Kier molecular flexibility index (Phi) is 5.73. The number of hydrogen-bond acceptors (Lipinski definition) is 7. The summed E-state index contributed by atoms with van der Waals surface area (Å²) in [5, 5.41) is 14.5. The first-order valence-electron chi connectivity index (χ1n) is 8.92. The monoisotopic (exact) mass is 405 g/mol. The molecule has 1 N–H and O–H groups in total. The lowest BCUT2D eigenvalue weighted by Crippen LogP contribution is -2.42. The van der Waals surface area contributed by atoms with Crippen LogP contribution in [0.1, 0.15) is 12.8 Å².